The molecule has 3 heterocycles. The molecule has 0 aliphatic heterocycles. The number of benzene rings is 1. The van der Waals surface area contributed by atoms with E-state index in [1.165, 1.54) is 0 Å². The quantitative estimate of drug-likeness (QED) is 0.522. The van der Waals surface area contributed by atoms with E-state index in [2.05, 4.69) is 51.6 Å². The predicted molar refractivity (Wildman–Crippen MR) is 122 cm³/mol. The van der Waals surface area contributed by atoms with Gasteiger partial charge in [0.2, 0.25) is 5.91 Å². The first kappa shape index (κ1) is 19.2. The smallest absolute Gasteiger partial charge is 0.229 e. The predicted octanol–water partition coefficient (Wildman–Crippen LogP) is 3.56. The highest BCUT2D eigenvalue weighted by Crippen LogP contribution is 2.48. The molecule has 0 unspecified atom stereocenters. The molecule has 1 amide bonds. The first-order valence-electron chi connectivity index (χ1n) is 10.3. The Bertz CT molecular complexity index is 1300. The lowest BCUT2D eigenvalue weighted by atomic mass is 9.95. The van der Waals surface area contributed by atoms with Crippen LogP contribution in [0.5, 0.6) is 0 Å². The molecular formula is C24H24N6O. The summed E-state index contributed by atoms with van der Waals surface area (Å²) < 4.78 is 1.89. The van der Waals surface area contributed by atoms with Crippen molar-refractivity contribution in [2.45, 2.75) is 25.2 Å². The van der Waals surface area contributed by atoms with Crippen molar-refractivity contribution in [3.05, 3.63) is 60.2 Å². The molecule has 0 atom stereocenters. The Labute approximate surface area is 180 Å². The fraction of sp³-hybridized carbons (Fsp3) is 0.250. The van der Waals surface area contributed by atoms with Gasteiger partial charge in [0.15, 0.2) is 0 Å². The molecule has 7 heteroatoms. The molecule has 1 aromatic carbocycles. The standard InChI is InChI=1S/C24H24N6O/c1-14-11-29-30(3)21(14)16-6-4-15(5-7-16)18-12-28-22(26-2)19-13-27-20(10-17(18)19)24(8-9-24)23(25)31/h4-7,10-13H,8-9H2,1-3H3,(H2,25,31)(H,26,28). The van der Waals surface area contributed by atoms with Crippen LogP contribution in [0.1, 0.15) is 24.1 Å². The lowest BCUT2D eigenvalue weighted by molar-refractivity contribution is -0.120. The number of carbonyl (C=O) groups excluding carboxylic acids is 1. The summed E-state index contributed by atoms with van der Waals surface area (Å²) in [4.78, 5) is 21.2. The Kier molecular flexibility index (Phi) is 4.28. The van der Waals surface area contributed by atoms with Crippen LogP contribution < -0.4 is 11.1 Å². The number of pyridine rings is 2. The van der Waals surface area contributed by atoms with Crippen molar-refractivity contribution < 1.29 is 4.79 Å². The Morgan fingerprint density at radius 1 is 1.06 bits per heavy atom. The van der Waals surface area contributed by atoms with Gasteiger partial charge in [-0.1, -0.05) is 24.3 Å². The second-order valence-corrected chi connectivity index (χ2v) is 8.21. The van der Waals surface area contributed by atoms with Gasteiger partial charge in [-0.05, 0) is 42.3 Å². The molecule has 1 aliphatic carbocycles. The summed E-state index contributed by atoms with van der Waals surface area (Å²) in [5.41, 5.74) is 11.2. The van der Waals surface area contributed by atoms with E-state index >= 15 is 0 Å². The lowest BCUT2D eigenvalue weighted by Crippen LogP contribution is -2.29. The third-order valence-electron chi connectivity index (χ3n) is 6.31. The fourth-order valence-electron chi connectivity index (χ4n) is 4.35. The number of nitrogens with one attached hydrogen (secondary N) is 1. The van der Waals surface area contributed by atoms with E-state index in [-0.39, 0.29) is 5.91 Å². The summed E-state index contributed by atoms with van der Waals surface area (Å²) in [5.74, 6) is 0.448. The molecule has 156 valence electrons. The third kappa shape index (κ3) is 2.96. The van der Waals surface area contributed by atoms with Crippen LogP contribution in [0.15, 0.2) is 48.9 Å². The molecule has 3 aromatic heterocycles. The highest BCUT2D eigenvalue weighted by atomic mass is 16.1. The van der Waals surface area contributed by atoms with Gasteiger partial charge >= 0.3 is 0 Å². The van der Waals surface area contributed by atoms with Crippen LogP contribution >= 0.6 is 0 Å². The Morgan fingerprint density at radius 3 is 2.35 bits per heavy atom. The summed E-state index contributed by atoms with van der Waals surface area (Å²) in [5, 5.41) is 9.39. The molecule has 3 N–H and O–H groups in total. The van der Waals surface area contributed by atoms with Crippen molar-refractivity contribution in [3.63, 3.8) is 0 Å². The summed E-state index contributed by atoms with van der Waals surface area (Å²) in [6.45, 7) is 2.06. The zero-order valence-corrected chi connectivity index (χ0v) is 17.8. The van der Waals surface area contributed by atoms with Crippen molar-refractivity contribution in [3.8, 4) is 22.4 Å². The van der Waals surface area contributed by atoms with Crippen LogP contribution in [-0.2, 0) is 17.3 Å². The van der Waals surface area contributed by atoms with E-state index in [1.54, 1.807) is 6.20 Å². The molecule has 31 heavy (non-hydrogen) atoms. The second kappa shape index (κ2) is 6.91. The monoisotopic (exact) mass is 412 g/mol. The molecule has 0 bridgehead atoms. The number of primary amides is 1. The molecule has 1 aliphatic rings. The fourth-order valence-corrected chi connectivity index (χ4v) is 4.35. The first-order chi connectivity index (χ1) is 14.9. The molecule has 4 aromatic rings. The van der Waals surface area contributed by atoms with E-state index in [1.807, 2.05) is 37.2 Å². The van der Waals surface area contributed by atoms with Crippen molar-refractivity contribution in [2.75, 3.05) is 12.4 Å². The third-order valence-corrected chi connectivity index (χ3v) is 6.31. The van der Waals surface area contributed by atoms with Gasteiger partial charge in [-0.25, -0.2) is 4.98 Å². The second-order valence-electron chi connectivity index (χ2n) is 8.21. The lowest BCUT2D eigenvalue weighted by Gasteiger charge is -2.15. The van der Waals surface area contributed by atoms with Gasteiger partial charge in [-0.3, -0.25) is 14.5 Å². The number of aryl methyl sites for hydroxylation is 2. The largest absolute Gasteiger partial charge is 0.373 e. The number of rotatable bonds is 5. The maximum atomic E-state index is 12.1. The number of nitrogens with zero attached hydrogens (tertiary/aromatic N) is 4. The van der Waals surface area contributed by atoms with Crippen molar-refractivity contribution >= 4 is 22.5 Å². The average molecular weight is 412 g/mol. The maximum absolute atomic E-state index is 12.1. The topological polar surface area (TPSA) is 98.7 Å². The zero-order valence-electron chi connectivity index (χ0n) is 17.8. The summed E-state index contributed by atoms with van der Waals surface area (Å²) in [6.07, 6.45) is 7.03. The number of hydrogen-bond acceptors (Lipinski definition) is 5. The number of hydrogen-bond donors (Lipinski definition) is 2. The van der Waals surface area contributed by atoms with Gasteiger partial charge in [0.25, 0.3) is 0 Å². The molecule has 0 radical (unpaired) electrons. The number of fused-ring (bicyclic) bond motifs is 1. The Morgan fingerprint density at radius 2 is 1.77 bits per heavy atom. The molecule has 7 nitrogen and oxygen atoms in total. The molecule has 0 saturated heterocycles. The normalized spacial score (nSPS) is 14.5. The Balaban J connectivity index is 1.65. The van der Waals surface area contributed by atoms with Crippen LogP contribution in [0.2, 0.25) is 0 Å². The molecule has 1 saturated carbocycles. The number of nitrogens with two attached hydrogens (primary N) is 1. The highest BCUT2D eigenvalue weighted by Gasteiger charge is 2.51. The van der Waals surface area contributed by atoms with Crippen LogP contribution in [-0.4, -0.2) is 32.7 Å². The van der Waals surface area contributed by atoms with E-state index < -0.39 is 5.41 Å². The molecule has 1 fully saturated rings. The molecule has 5 rings (SSSR count). The minimum Gasteiger partial charge on any atom is -0.373 e. The summed E-state index contributed by atoms with van der Waals surface area (Å²) >= 11 is 0. The number of carbonyl (C=O) groups is 1. The van der Waals surface area contributed by atoms with Crippen LogP contribution in [0.4, 0.5) is 5.82 Å². The summed E-state index contributed by atoms with van der Waals surface area (Å²) in [7, 11) is 3.79. The van der Waals surface area contributed by atoms with Gasteiger partial charge in [0, 0.05) is 43.0 Å². The SMILES string of the molecule is CNc1ncc(-c2ccc(-c3c(C)cnn3C)cc2)c2cc(C3(C(N)=O)CC3)ncc12. The number of amides is 1. The zero-order chi connectivity index (χ0) is 21.8. The number of aromatic nitrogens is 4. The van der Waals surface area contributed by atoms with Crippen molar-refractivity contribution in [1.29, 1.82) is 0 Å². The average Bonchev–Trinajstić information content (AvgIpc) is 3.53. The van der Waals surface area contributed by atoms with Crippen LogP contribution in [0, 0.1) is 6.92 Å². The van der Waals surface area contributed by atoms with E-state index in [4.69, 9.17) is 5.73 Å². The van der Waals surface area contributed by atoms with E-state index in [0.29, 0.717) is 0 Å². The van der Waals surface area contributed by atoms with E-state index in [9.17, 15) is 4.79 Å². The van der Waals surface area contributed by atoms with Crippen LogP contribution in [0.25, 0.3) is 33.2 Å². The van der Waals surface area contributed by atoms with Gasteiger partial charge < -0.3 is 11.1 Å². The maximum Gasteiger partial charge on any atom is 0.229 e. The Hall–Kier alpha value is -3.74. The van der Waals surface area contributed by atoms with Crippen molar-refractivity contribution in [2.24, 2.45) is 12.8 Å². The minimum atomic E-state index is -0.630. The van der Waals surface area contributed by atoms with Crippen LogP contribution in [0.3, 0.4) is 0 Å². The first-order valence-corrected chi connectivity index (χ1v) is 10.3. The van der Waals surface area contributed by atoms with Gasteiger partial charge in [0.1, 0.15) is 5.82 Å². The van der Waals surface area contributed by atoms with Gasteiger partial charge in [-0.2, -0.15) is 5.10 Å². The van der Waals surface area contributed by atoms with Crippen molar-refractivity contribution in [1.82, 2.24) is 19.7 Å². The number of anilines is 1. The van der Waals surface area contributed by atoms with Gasteiger partial charge in [0.05, 0.1) is 23.0 Å². The molecular weight excluding hydrogens is 388 g/mol. The molecule has 0 spiro atoms. The summed E-state index contributed by atoms with van der Waals surface area (Å²) in [6, 6.07) is 10.4. The minimum absolute atomic E-state index is 0.306. The van der Waals surface area contributed by atoms with E-state index in [0.717, 1.165) is 63.1 Å². The van der Waals surface area contributed by atoms with Gasteiger partial charge in [-0.15, -0.1) is 0 Å². The highest BCUT2D eigenvalue weighted by molar-refractivity contribution is 6.02.